The molecule has 13 heavy (non-hydrogen) atoms. The first-order valence-electron chi connectivity index (χ1n) is 4.42. The first-order chi connectivity index (χ1) is 6.04. The van der Waals surface area contributed by atoms with Crippen molar-refractivity contribution < 1.29 is 4.43 Å². The fraction of sp³-hybridized carbons (Fsp3) is 0.400. The molecule has 1 aromatic carbocycles. The summed E-state index contributed by atoms with van der Waals surface area (Å²) in [5.41, 5.74) is 1.23. The van der Waals surface area contributed by atoms with E-state index in [9.17, 15) is 0 Å². The van der Waals surface area contributed by atoms with Gasteiger partial charge in [0.05, 0.1) is 14.7 Å². The Morgan fingerprint density at radius 1 is 1.31 bits per heavy atom. The molecular weight excluding hydrogens is 192 g/mol. The SMILES string of the molecule is C[Si](C)(C)c1cccc(CO[Si])c1. The maximum Gasteiger partial charge on any atom is 0.246 e. The minimum absolute atomic E-state index is 0.634. The normalized spacial score (nSPS) is 11.7. The van der Waals surface area contributed by atoms with E-state index in [1.165, 1.54) is 10.8 Å². The van der Waals surface area contributed by atoms with Crippen molar-refractivity contribution in [2.45, 2.75) is 26.2 Å². The molecule has 0 aromatic heterocycles. The summed E-state index contributed by atoms with van der Waals surface area (Å²) in [6.45, 7) is 7.68. The third-order valence-corrected chi connectivity index (χ3v) is 4.22. The lowest BCUT2D eigenvalue weighted by Gasteiger charge is -2.17. The predicted octanol–water partition coefficient (Wildman–Crippen LogP) is 1.83. The van der Waals surface area contributed by atoms with Crippen LogP contribution in [0.5, 0.6) is 0 Å². The van der Waals surface area contributed by atoms with Gasteiger partial charge in [-0.3, -0.25) is 0 Å². The molecule has 0 heterocycles. The molecule has 0 spiro atoms. The second-order valence-corrected chi connectivity index (χ2v) is 9.61. The van der Waals surface area contributed by atoms with Gasteiger partial charge < -0.3 is 4.43 Å². The molecule has 0 aliphatic heterocycles. The smallest absolute Gasteiger partial charge is 0.246 e. The number of hydrogen-bond donors (Lipinski definition) is 0. The van der Waals surface area contributed by atoms with Gasteiger partial charge >= 0.3 is 0 Å². The average molecular weight is 207 g/mol. The summed E-state index contributed by atoms with van der Waals surface area (Å²) in [6, 6.07) is 8.65. The maximum atomic E-state index is 4.92. The largest absolute Gasteiger partial charge is 0.414 e. The van der Waals surface area contributed by atoms with Crippen molar-refractivity contribution in [3.8, 4) is 0 Å². The summed E-state index contributed by atoms with van der Waals surface area (Å²) in [5.74, 6) is 0. The van der Waals surface area contributed by atoms with Gasteiger partial charge in [0, 0.05) is 0 Å². The Hall–Kier alpha value is -0.386. The zero-order valence-electron chi connectivity index (χ0n) is 8.42. The zero-order chi connectivity index (χ0) is 9.90. The predicted molar refractivity (Wildman–Crippen MR) is 60.0 cm³/mol. The van der Waals surface area contributed by atoms with Crippen LogP contribution in [0.4, 0.5) is 0 Å². The Bertz CT molecular complexity index is 278. The minimum Gasteiger partial charge on any atom is -0.414 e. The summed E-state index contributed by atoms with van der Waals surface area (Å²) < 4.78 is 4.92. The third-order valence-electron chi connectivity index (χ3n) is 2.03. The highest BCUT2D eigenvalue weighted by Crippen LogP contribution is 2.05. The van der Waals surface area contributed by atoms with Crippen LogP contribution in [0.1, 0.15) is 5.56 Å². The van der Waals surface area contributed by atoms with Crippen molar-refractivity contribution in [2.24, 2.45) is 0 Å². The van der Waals surface area contributed by atoms with E-state index < -0.39 is 8.07 Å². The van der Waals surface area contributed by atoms with Crippen molar-refractivity contribution in [1.29, 1.82) is 0 Å². The first kappa shape index (κ1) is 10.7. The van der Waals surface area contributed by atoms with Crippen molar-refractivity contribution in [3.63, 3.8) is 0 Å². The molecule has 0 atom stereocenters. The Labute approximate surface area is 84.7 Å². The summed E-state index contributed by atoms with van der Waals surface area (Å²) in [5, 5.41) is 1.48. The summed E-state index contributed by atoms with van der Waals surface area (Å²) >= 11 is 0. The molecule has 69 valence electrons. The van der Waals surface area contributed by atoms with Crippen LogP contribution in [0.2, 0.25) is 19.6 Å². The van der Waals surface area contributed by atoms with E-state index in [4.69, 9.17) is 4.43 Å². The Balaban J connectivity index is 2.92. The van der Waals surface area contributed by atoms with Crippen molar-refractivity contribution in [2.75, 3.05) is 0 Å². The van der Waals surface area contributed by atoms with Gasteiger partial charge in [-0.1, -0.05) is 49.1 Å². The van der Waals surface area contributed by atoms with Gasteiger partial charge in [0.1, 0.15) is 0 Å². The van der Waals surface area contributed by atoms with E-state index in [1.54, 1.807) is 0 Å². The molecule has 0 unspecified atom stereocenters. The van der Waals surface area contributed by atoms with E-state index in [0.29, 0.717) is 6.61 Å². The molecule has 0 amide bonds. The molecule has 0 fully saturated rings. The van der Waals surface area contributed by atoms with Crippen molar-refractivity contribution in [1.82, 2.24) is 0 Å². The summed E-state index contributed by atoms with van der Waals surface area (Å²) in [7, 11) is 1.85. The van der Waals surface area contributed by atoms with Gasteiger partial charge in [0.25, 0.3) is 0 Å². The molecular formula is C10H15OSi2. The lowest BCUT2D eigenvalue weighted by Crippen LogP contribution is -2.37. The van der Waals surface area contributed by atoms with Gasteiger partial charge in [-0.2, -0.15) is 0 Å². The molecule has 1 aromatic rings. The minimum atomic E-state index is -1.17. The maximum absolute atomic E-state index is 4.92. The van der Waals surface area contributed by atoms with Gasteiger partial charge in [0.15, 0.2) is 0 Å². The van der Waals surface area contributed by atoms with E-state index in [0.717, 1.165) is 0 Å². The highest BCUT2D eigenvalue weighted by atomic mass is 28.3. The highest BCUT2D eigenvalue weighted by Gasteiger charge is 2.15. The molecule has 1 rings (SSSR count). The van der Waals surface area contributed by atoms with Gasteiger partial charge in [-0.05, 0) is 5.56 Å². The molecule has 0 saturated heterocycles. The highest BCUT2D eigenvalue weighted by molar-refractivity contribution is 6.88. The van der Waals surface area contributed by atoms with E-state index in [2.05, 4.69) is 54.4 Å². The van der Waals surface area contributed by atoms with Crippen LogP contribution in [0.15, 0.2) is 24.3 Å². The van der Waals surface area contributed by atoms with Crippen LogP contribution in [0, 0.1) is 0 Å². The van der Waals surface area contributed by atoms with Gasteiger partial charge in [-0.25, -0.2) is 0 Å². The number of benzene rings is 1. The molecule has 3 radical (unpaired) electrons. The van der Waals surface area contributed by atoms with Crippen molar-refractivity contribution >= 4 is 23.7 Å². The second kappa shape index (κ2) is 4.22. The molecule has 3 heteroatoms. The van der Waals surface area contributed by atoms with Crippen LogP contribution in [0.25, 0.3) is 0 Å². The molecule has 0 aliphatic rings. The zero-order valence-corrected chi connectivity index (χ0v) is 10.4. The lowest BCUT2D eigenvalue weighted by molar-refractivity contribution is 0.338. The summed E-state index contributed by atoms with van der Waals surface area (Å²) in [4.78, 5) is 0. The molecule has 0 bridgehead atoms. The molecule has 1 nitrogen and oxygen atoms in total. The first-order valence-corrected chi connectivity index (χ1v) is 8.33. The van der Waals surface area contributed by atoms with Gasteiger partial charge in [-0.15, -0.1) is 0 Å². The summed E-state index contributed by atoms with van der Waals surface area (Å²) in [6.07, 6.45) is 0. The molecule has 0 aliphatic carbocycles. The van der Waals surface area contributed by atoms with Crippen LogP contribution < -0.4 is 5.19 Å². The average Bonchev–Trinajstić information content (AvgIpc) is 2.04. The Morgan fingerprint density at radius 2 is 2.00 bits per heavy atom. The van der Waals surface area contributed by atoms with Crippen molar-refractivity contribution in [3.05, 3.63) is 29.8 Å². The van der Waals surface area contributed by atoms with E-state index >= 15 is 0 Å². The fourth-order valence-corrected chi connectivity index (χ4v) is 2.59. The van der Waals surface area contributed by atoms with E-state index in [-0.39, 0.29) is 0 Å². The van der Waals surface area contributed by atoms with Gasteiger partial charge in [0.2, 0.25) is 10.5 Å². The van der Waals surface area contributed by atoms with Crippen LogP contribution in [-0.4, -0.2) is 18.6 Å². The number of rotatable bonds is 3. The number of hydrogen-bond acceptors (Lipinski definition) is 1. The molecule has 0 saturated carbocycles. The Morgan fingerprint density at radius 3 is 2.54 bits per heavy atom. The van der Waals surface area contributed by atoms with Crippen LogP contribution >= 0.6 is 0 Å². The standard InChI is InChI=1S/C10H15OSi2/c1-13(2,3)10-6-4-5-9(7-10)8-11-12/h4-7H,8H2,1-3H3. The lowest BCUT2D eigenvalue weighted by atomic mass is 10.2. The van der Waals surface area contributed by atoms with Crippen LogP contribution in [-0.2, 0) is 11.0 Å². The van der Waals surface area contributed by atoms with Crippen LogP contribution in [0.3, 0.4) is 0 Å². The second-order valence-electron chi connectivity index (χ2n) is 4.24. The fourth-order valence-electron chi connectivity index (χ4n) is 1.21. The quantitative estimate of drug-likeness (QED) is 0.687. The topological polar surface area (TPSA) is 9.23 Å². The van der Waals surface area contributed by atoms with E-state index in [1.807, 2.05) is 0 Å². The molecule has 0 N–H and O–H groups in total. The third kappa shape index (κ3) is 3.10. The monoisotopic (exact) mass is 207 g/mol. The Kier molecular flexibility index (Phi) is 3.47.